The van der Waals surface area contributed by atoms with Crippen LogP contribution in [0.3, 0.4) is 0 Å². The van der Waals surface area contributed by atoms with Crippen LogP contribution >= 0.6 is 18.7 Å². The van der Waals surface area contributed by atoms with E-state index < -0.39 is 30.9 Å². The second-order valence-corrected chi connectivity index (χ2v) is 24.6. The van der Waals surface area contributed by atoms with Crippen molar-refractivity contribution in [3.8, 4) is 28.0 Å². The van der Waals surface area contributed by atoms with Gasteiger partial charge < -0.3 is 29.7 Å². The van der Waals surface area contributed by atoms with E-state index in [0.717, 1.165) is 103 Å². The molecule has 388 valence electrons. The fourth-order valence-corrected chi connectivity index (χ4v) is 13.1. The Labute approximate surface area is 441 Å². The molecule has 1 aliphatic carbocycles. The number of hydrogen-bond donors (Lipinski definition) is 3. The van der Waals surface area contributed by atoms with Gasteiger partial charge in [0.15, 0.2) is 5.82 Å². The number of fused-ring (bicyclic) bond motifs is 1. The summed E-state index contributed by atoms with van der Waals surface area (Å²) in [5.74, 6) is -0.654. The molecule has 1 spiro atoms. The van der Waals surface area contributed by atoms with E-state index in [-0.39, 0.29) is 24.2 Å². The van der Waals surface area contributed by atoms with Crippen molar-refractivity contribution >= 4 is 82.2 Å². The molecule has 0 radical (unpaired) electrons. The summed E-state index contributed by atoms with van der Waals surface area (Å²) >= 11 is 6.72. The van der Waals surface area contributed by atoms with E-state index in [1.54, 1.807) is 37.4 Å². The van der Waals surface area contributed by atoms with Gasteiger partial charge in [-0.1, -0.05) is 48.0 Å². The van der Waals surface area contributed by atoms with Crippen LogP contribution in [-0.2, 0) is 21.2 Å². The van der Waals surface area contributed by atoms with Crippen molar-refractivity contribution in [1.29, 1.82) is 0 Å². The molecule has 6 heterocycles. The van der Waals surface area contributed by atoms with Crippen LogP contribution in [0.15, 0.2) is 97.5 Å². The number of hydrogen-bond acceptors (Lipinski definition) is 14. The maximum atomic E-state index is 13.7. The Bertz CT molecular complexity index is 3260. The molecular weight excluding hydrogens is 989 g/mol. The van der Waals surface area contributed by atoms with E-state index in [2.05, 4.69) is 52.9 Å². The van der Waals surface area contributed by atoms with E-state index >= 15 is 0 Å². The SMILES string of the molecule is COc1cc(N2CCN(C3CCC4(CC3)CCN(c3ccc5c(c3)C(=O)N(C3CCC(=O)NC3=O)C5=O)CC4)CC2)c(-c2cnn(C)c2)cc1Nc1ncc(Cl)c(Nc2ccc(-c3ccccc3)cc2P(C)(C)=O)n1. The lowest BCUT2D eigenvalue weighted by molar-refractivity contribution is -0.136. The minimum atomic E-state index is -2.74. The zero-order valence-corrected chi connectivity index (χ0v) is 44.3. The summed E-state index contributed by atoms with van der Waals surface area (Å²) in [6.45, 7) is 8.85. The number of aryl methyl sites for hydroxylation is 1. The maximum absolute atomic E-state index is 13.7. The van der Waals surface area contributed by atoms with Crippen molar-refractivity contribution in [2.24, 2.45) is 12.5 Å². The number of piperazine rings is 1. The monoisotopic (exact) mass is 1050 g/mol. The third-order valence-corrected chi connectivity index (χ3v) is 17.9. The highest BCUT2D eigenvalue weighted by atomic mass is 35.5. The molecule has 17 nitrogen and oxygen atoms in total. The van der Waals surface area contributed by atoms with Crippen LogP contribution in [0.1, 0.15) is 72.1 Å². The molecule has 75 heavy (non-hydrogen) atoms. The molecule has 1 atom stereocenters. The molecule has 19 heteroatoms. The number of methoxy groups -OCH3 is 1. The number of benzene rings is 4. The molecule has 3 N–H and O–H groups in total. The normalized spacial score (nSPS) is 19.4. The van der Waals surface area contributed by atoms with E-state index in [1.807, 2.05) is 80.1 Å². The number of aromatic nitrogens is 4. The first-order valence-electron chi connectivity index (χ1n) is 25.8. The lowest BCUT2D eigenvalue weighted by atomic mass is 9.66. The molecule has 2 aromatic heterocycles. The van der Waals surface area contributed by atoms with Crippen LogP contribution in [0.2, 0.25) is 5.02 Å². The molecular formula is C56H61ClN11O6P. The summed E-state index contributed by atoms with van der Waals surface area (Å²) in [7, 11) is 0.833. The van der Waals surface area contributed by atoms with Crippen LogP contribution < -0.4 is 35.8 Å². The van der Waals surface area contributed by atoms with Crippen LogP contribution in [0.25, 0.3) is 22.3 Å². The van der Waals surface area contributed by atoms with Crippen molar-refractivity contribution in [2.75, 3.05) is 80.1 Å². The largest absolute Gasteiger partial charge is 0.494 e. The summed E-state index contributed by atoms with van der Waals surface area (Å²) in [4.78, 5) is 69.0. The first-order chi connectivity index (χ1) is 36.1. The van der Waals surface area contributed by atoms with Crippen LogP contribution in [0.5, 0.6) is 5.75 Å². The number of carbonyl (C=O) groups is 4. The molecule has 4 fully saturated rings. The van der Waals surface area contributed by atoms with Crippen molar-refractivity contribution in [2.45, 2.75) is 63.5 Å². The highest BCUT2D eigenvalue weighted by molar-refractivity contribution is 7.70. The third-order valence-electron chi connectivity index (χ3n) is 16.1. The lowest BCUT2D eigenvalue weighted by Crippen LogP contribution is -2.54. The topological polar surface area (TPSA) is 187 Å². The zero-order valence-electron chi connectivity index (χ0n) is 42.6. The average molecular weight is 1050 g/mol. The average Bonchev–Trinajstić information content (AvgIpc) is 3.97. The lowest BCUT2D eigenvalue weighted by Gasteiger charge is -2.49. The molecule has 3 saturated heterocycles. The summed E-state index contributed by atoms with van der Waals surface area (Å²) in [6.07, 6.45) is 12.5. The first-order valence-corrected chi connectivity index (χ1v) is 28.7. The molecule has 4 aromatic carbocycles. The molecule has 6 aromatic rings. The van der Waals surface area contributed by atoms with Gasteiger partial charge in [-0.25, -0.2) is 4.98 Å². The number of nitrogens with zero attached hydrogens (tertiary/aromatic N) is 8. The number of rotatable bonds is 12. The van der Waals surface area contributed by atoms with Crippen molar-refractivity contribution in [1.82, 2.24) is 34.9 Å². The van der Waals surface area contributed by atoms with Gasteiger partial charge in [0.1, 0.15) is 24.0 Å². The Morgan fingerprint density at radius 3 is 2.19 bits per heavy atom. The number of carbonyl (C=O) groups excluding carboxylic acids is 4. The summed E-state index contributed by atoms with van der Waals surface area (Å²) in [6, 6.07) is 25.0. The highest BCUT2D eigenvalue weighted by Crippen LogP contribution is 2.48. The minimum Gasteiger partial charge on any atom is -0.494 e. The van der Waals surface area contributed by atoms with E-state index in [1.165, 1.54) is 12.8 Å². The van der Waals surface area contributed by atoms with E-state index in [4.69, 9.17) is 21.3 Å². The van der Waals surface area contributed by atoms with Crippen molar-refractivity contribution in [3.05, 3.63) is 114 Å². The smallest absolute Gasteiger partial charge is 0.262 e. The van der Waals surface area contributed by atoms with Crippen LogP contribution in [0, 0.1) is 5.41 Å². The number of anilines is 6. The van der Waals surface area contributed by atoms with E-state index in [0.29, 0.717) is 56.4 Å². The molecule has 4 aliphatic heterocycles. The van der Waals surface area contributed by atoms with E-state index in [9.17, 15) is 23.7 Å². The third kappa shape index (κ3) is 10.0. The van der Waals surface area contributed by atoms with Gasteiger partial charge in [0.05, 0.1) is 42.0 Å². The first kappa shape index (κ1) is 50.1. The number of amides is 4. The number of ether oxygens (including phenoxy) is 1. The summed E-state index contributed by atoms with van der Waals surface area (Å²) in [5.41, 5.74) is 8.17. The molecule has 11 rings (SSSR count). The van der Waals surface area contributed by atoms with Crippen molar-refractivity contribution < 1.29 is 28.5 Å². The summed E-state index contributed by atoms with van der Waals surface area (Å²) in [5, 5.41) is 14.6. The van der Waals surface area contributed by atoms with Crippen LogP contribution in [-0.4, -0.2) is 125 Å². The fraction of sp³-hybridized carbons (Fsp3) is 0.375. The fourth-order valence-electron chi connectivity index (χ4n) is 11.8. The van der Waals surface area contributed by atoms with Gasteiger partial charge in [-0.15, -0.1) is 0 Å². The zero-order chi connectivity index (χ0) is 52.2. The number of halogens is 1. The number of nitrogens with one attached hydrogen (secondary N) is 3. The predicted molar refractivity (Wildman–Crippen MR) is 293 cm³/mol. The standard InChI is InChI=1S/C56H61ClN11O6P/c1-64-34-37(32-59-64)41-30-45(61-55-58-33-43(57)51(63-55)60-44-13-10-36(28-49(44)75(3,4)73)35-8-6-5-7-9-35)48(74-2)31-47(41)67-26-24-66(25-27-67)38-16-18-56(19-17-38)20-22-65(23-21-56)39-11-12-40-42(29-39)54(72)68(53(40)71)46-14-15-50(69)62-52(46)70/h5-13,28-34,38,46H,14-27H2,1-4H3,(H,62,69,70)(H2,58,60,61,63). The summed E-state index contributed by atoms with van der Waals surface area (Å²) < 4.78 is 21.5. The van der Waals surface area contributed by atoms with Gasteiger partial charge >= 0.3 is 0 Å². The molecule has 0 bridgehead atoms. The highest BCUT2D eigenvalue weighted by Gasteiger charge is 2.46. The predicted octanol–water partition coefficient (Wildman–Crippen LogP) is 8.69. The Kier molecular flexibility index (Phi) is 13.5. The molecule has 5 aliphatic rings. The molecule has 4 amide bonds. The Morgan fingerprint density at radius 1 is 0.747 bits per heavy atom. The van der Waals surface area contributed by atoms with Crippen LogP contribution in [0.4, 0.5) is 34.5 Å². The Hall–Kier alpha value is -7.07. The maximum Gasteiger partial charge on any atom is 0.262 e. The van der Waals surface area contributed by atoms with Gasteiger partial charge in [0, 0.05) is 98.8 Å². The second kappa shape index (κ2) is 20.2. The molecule has 1 saturated carbocycles. The van der Waals surface area contributed by atoms with Gasteiger partial charge in [-0.05, 0) is 111 Å². The number of piperidine rings is 2. The Balaban J connectivity index is 0.733. The van der Waals surface area contributed by atoms with Crippen molar-refractivity contribution in [3.63, 3.8) is 0 Å². The van der Waals surface area contributed by atoms with Gasteiger partial charge in [-0.3, -0.25) is 39.0 Å². The van der Waals surface area contributed by atoms with Gasteiger partial charge in [-0.2, -0.15) is 10.1 Å². The minimum absolute atomic E-state index is 0.0902. The second-order valence-electron chi connectivity index (χ2n) is 21.0. The Morgan fingerprint density at radius 2 is 1.49 bits per heavy atom. The number of imide groups is 2. The van der Waals surface area contributed by atoms with Gasteiger partial charge in [0.25, 0.3) is 11.8 Å². The van der Waals surface area contributed by atoms with Gasteiger partial charge in [0.2, 0.25) is 17.8 Å². The molecule has 1 unspecified atom stereocenters. The quantitative estimate of drug-likeness (QED) is 0.0780.